The van der Waals surface area contributed by atoms with Gasteiger partial charge in [0.05, 0.1) is 0 Å². The molecule has 2 rings (SSSR count). The van der Waals surface area contributed by atoms with Gasteiger partial charge in [-0.1, -0.05) is 23.7 Å². The molecule has 0 amide bonds. The third-order valence-corrected chi connectivity index (χ3v) is 3.73. The summed E-state index contributed by atoms with van der Waals surface area (Å²) in [6.07, 6.45) is 2.57. The van der Waals surface area contributed by atoms with Gasteiger partial charge in [-0.2, -0.15) is 0 Å². The number of nitrogens with one attached hydrogen (secondary N) is 1. The highest BCUT2D eigenvalue weighted by Gasteiger charge is 2.18. The van der Waals surface area contributed by atoms with Crippen LogP contribution in [0.3, 0.4) is 0 Å². The van der Waals surface area contributed by atoms with Gasteiger partial charge >= 0.3 is 0 Å². The van der Waals surface area contributed by atoms with Crippen LogP contribution in [0.15, 0.2) is 24.3 Å². The Labute approximate surface area is 109 Å². The molecule has 0 bridgehead atoms. The number of likely N-dealkylation sites (N-methyl/N-ethyl adjacent to an activating group) is 1. The summed E-state index contributed by atoms with van der Waals surface area (Å²) in [5, 5.41) is 4.50. The number of likely N-dealkylation sites (tertiary alicyclic amines) is 1. The minimum Gasteiger partial charge on any atom is -0.306 e. The van der Waals surface area contributed by atoms with Crippen molar-refractivity contribution in [1.82, 2.24) is 10.2 Å². The number of piperidine rings is 1. The lowest BCUT2D eigenvalue weighted by Gasteiger charge is -2.32. The van der Waals surface area contributed by atoms with Crippen molar-refractivity contribution in [2.75, 3.05) is 20.1 Å². The van der Waals surface area contributed by atoms with E-state index in [0.717, 1.165) is 11.6 Å². The molecule has 1 N–H and O–H groups in total. The summed E-state index contributed by atoms with van der Waals surface area (Å²) in [6.45, 7) is 4.60. The smallest absolute Gasteiger partial charge is 0.0406 e. The summed E-state index contributed by atoms with van der Waals surface area (Å²) in [6, 6.07) is 9.13. The molecule has 0 saturated carbocycles. The van der Waals surface area contributed by atoms with Crippen LogP contribution in [-0.2, 0) is 0 Å². The highest BCUT2D eigenvalue weighted by atomic mass is 35.5. The maximum absolute atomic E-state index is 5.90. The first-order valence-corrected chi connectivity index (χ1v) is 6.73. The van der Waals surface area contributed by atoms with E-state index in [-0.39, 0.29) is 0 Å². The van der Waals surface area contributed by atoms with Gasteiger partial charge in [0.15, 0.2) is 0 Å². The number of hydrogen-bond donors (Lipinski definition) is 1. The van der Waals surface area contributed by atoms with E-state index in [0.29, 0.717) is 12.1 Å². The lowest BCUT2D eigenvalue weighted by molar-refractivity contribution is 0.218. The molecule has 3 heteroatoms. The predicted octanol–water partition coefficient (Wildman–Crippen LogP) is 3.08. The van der Waals surface area contributed by atoms with E-state index in [1.54, 1.807) is 0 Å². The Morgan fingerprint density at radius 3 is 2.71 bits per heavy atom. The first kappa shape index (κ1) is 12.9. The molecule has 0 aromatic heterocycles. The van der Waals surface area contributed by atoms with Crippen molar-refractivity contribution in [1.29, 1.82) is 0 Å². The van der Waals surface area contributed by atoms with Crippen LogP contribution < -0.4 is 5.32 Å². The molecule has 0 radical (unpaired) electrons. The van der Waals surface area contributed by atoms with Crippen LogP contribution in [0.1, 0.15) is 31.4 Å². The lowest BCUT2D eigenvalue weighted by Crippen LogP contribution is -2.44. The maximum atomic E-state index is 5.90. The van der Waals surface area contributed by atoms with Gasteiger partial charge in [0, 0.05) is 23.7 Å². The van der Waals surface area contributed by atoms with Crippen LogP contribution in [0.4, 0.5) is 0 Å². The average Bonchev–Trinajstić information content (AvgIpc) is 2.29. The second-order valence-corrected chi connectivity index (χ2v) is 5.48. The van der Waals surface area contributed by atoms with E-state index in [2.05, 4.69) is 36.3 Å². The molecular formula is C14H21ClN2. The Morgan fingerprint density at radius 2 is 2.06 bits per heavy atom. The molecule has 2 nitrogen and oxygen atoms in total. The molecule has 1 aromatic rings. The van der Waals surface area contributed by atoms with Gasteiger partial charge in [0.25, 0.3) is 0 Å². The molecule has 1 unspecified atom stereocenters. The molecular weight excluding hydrogens is 232 g/mol. The Bertz CT molecular complexity index is 350. The van der Waals surface area contributed by atoms with Gasteiger partial charge in [0.1, 0.15) is 0 Å². The molecule has 1 aromatic carbocycles. The molecule has 94 valence electrons. The van der Waals surface area contributed by atoms with Crippen LogP contribution in [0, 0.1) is 0 Å². The number of benzene rings is 1. The Hall–Kier alpha value is -0.570. The van der Waals surface area contributed by atoms with Crippen LogP contribution in [0.2, 0.25) is 5.02 Å². The zero-order valence-electron chi connectivity index (χ0n) is 10.6. The normalized spacial score (nSPS) is 23.6. The number of halogens is 1. The summed E-state index contributed by atoms with van der Waals surface area (Å²) in [5.41, 5.74) is 1.31. The fourth-order valence-electron chi connectivity index (χ4n) is 2.50. The SMILES string of the molecule is C[C@@H](NC1CCCN(C)C1)c1ccc(Cl)cc1. The molecule has 17 heavy (non-hydrogen) atoms. The fraction of sp³-hybridized carbons (Fsp3) is 0.571. The topological polar surface area (TPSA) is 15.3 Å². The van der Waals surface area contributed by atoms with Crippen molar-refractivity contribution in [2.45, 2.75) is 31.8 Å². The van der Waals surface area contributed by atoms with Crippen LogP contribution in [0.25, 0.3) is 0 Å². The zero-order valence-corrected chi connectivity index (χ0v) is 11.4. The molecule has 0 spiro atoms. The van der Waals surface area contributed by atoms with Gasteiger partial charge in [0.2, 0.25) is 0 Å². The second-order valence-electron chi connectivity index (χ2n) is 5.04. The third-order valence-electron chi connectivity index (χ3n) is 3.48. The first-order valence-electron chi connectivity index (χ1n) is 6.35. The van der Waals surface area contributed by atoms with Crippen molar-refractivity contribution in [2.24, 2.45) is 0 Å². The van der Waals surface area contributed by atoms with Crippen molar-refractivity contribution in [3.05, 3.63) is 34.9 Å². The Morgan fingerprint density at radius 1 is 1.35 bits per heavy atom. The van der Waals surface area contributed by atoms with E-state index in [1.807, 2.05) is 12.1 Å². The highest BCUT2D eigenvalue weighted by Crippen LogP contribution is 2.18. The molecule has 2 atom stereocenters. The highest BCUT2D eigenvalue weighted by molar-refractivity contribution is 6.30. The van der Waals surface area contributed by atoms with Gasteiger partial charge in [-0.25, -0.2) is 0 Å². The van der Waals surface area contributed by atoms with Gasteiger partial charge < -0.3 is 10.2 Å². The molecule has 1 aliphatic heterocycles. The van der Waals surface area contributed by atoms with Crippen LogP contribution in [-0.4, -0.2) is 31.1 Å². The minimum atomic E-state index is 0.392. The predicted molar refractivity (Wildman–Crippen MR) is 73.5 cm³/mol. The van der Waals surface area contributed by atoms with Crippen LogP contribution >= 0.6 is 11.6 Å². The standard InChI is InChI=1S/C14H21ClN2/c1-11(12-5-7-13(15)8-6-12)16-14-4-3-9-17(2)10-14/h5-8,11,14,16H,3-4,9-10H2,1-2H3/t11-,14?/m1/s1. The quantitative estimate of drug-likeness (QED) is 0.890. The minimum absolute atomic E-state index is 0.392. The first-order chi connectivity index (χ1) is 8.15. The van der Waals surface area contributed by atoms with Gasteiger partial charge in [-0.15, -0.1) is 0 Å². The summed E-state index contributed by atoms with van der Waals surface area (Å²) < 4.78 is 0. The second kappa shape index (κ2) is 5.85. The maximum Gasteiger partial charge on any atom is 0.0406 e. The molecule has 1 heterocycles. The van der Waals surface area contributed by atoms with Crippen molar-refractivity contribution in [3.63, 3.8) is 0 Å². The third kappa shape index (κ3) is 3.70. The summed E-state index contributed by atoms with van der Waals surface area (Å²) in [4.78, 5) is 2.40. The molecule has 0 aliphatic carbocycles. The largest absolute Gasteiger partial charge is 0.306 e. The molecule has 1 fully saturated rings. The van der Waals surface area contributed by atoms with Crippen molar-refractivity contribution >= 4 is 11.6 Å². The van der Waals surface area contributed by atoms with E-state index >= 15 is 0 Å². The number of nitrogens with zero attached hydrogens (tertiary/aromatic N) is 1. The lowest BCUT2D eigenvalue weighted by atomic mass is 10.0. The van der Waals surface area contributed by atoms with E-state index in [9.17, 15) is 0 Å². The van der Waals surface area contributed by atoms with Crippen molar-refractivity contribution in [3.8, 4) is 0 Å². The molecule has 1 saturated heterocycles. The summed E-state index contributed by atoms with van der Waals surface area (Å²) in [7, 11) is 2.20. The zero-order chi connectivity index (χ0) is 12.3. The van der Waals surface area contributed by atoms with E-state index < -0.39 is 0 Å². The Kier molecular flexibility index (Phi) is 4.43. The summed E-state index contributed by atoms with van der Waals surface area (Å²) in [5.74, 6) is 0. The Balaban J connectivity index is 1.91. The summed E-state index contributed by atoms with van der Waals surface area (Å²) >= 11 is 5.90. The monoisotopic (exact) mass is 252 g/mol. The van der Waals surface area contributed by atoms with E-state index in [1.165, 1.54) is 24.9 Å². The van der Waals surface area contributed by atoms with E-state index in [4.69, 9.17) is 11.6 Å². The number of rotatable bonds is 3. The molecule has 1 aliphatic rings. The fourth-order valence-corrected chi connectivity index (χ4v) is 2.63. The van der Waals surface area contributed by atoms with Gasteiger partial charge in [-0.3, -0.25) is 0 Å². The average molecular weight is 253 g/mol. The number of hydrogen-bond acceptors (Lipinski definition) is 2. The van der Waals surface area contributed by atoms with Gasteiger partial charge in [-0.05, 0) is 51.1 Å². The van der Waals surface area contributed by atoms with Crippen LogP contribution in [0.5, 0.6) is 0 Å². The van der Waals surface area contributed by atoms with Crippen molar-refractivity contribution < 1.29 is 0 Å².